The number of halogens is 1. The summed E-state index contributed by atoms with van der Waals surface area (Å²) in [6.45, 7) is 3.74. The summed E-state index contributed by atoms with van der Waals surface area (Å²) in [6, 6.07) is 3.28. The number of nitro groups is 1. The lowest BCUT2D eigenvalue weighted by Gasteiger charge is -2.31. The van der Waals surface area contributed by atoms with Crippen LogP contribution in [0.1, 0.15) is 26.7 Å². The van der Waals surface area contributed by atoms with Crippen molar-refractivity contribution in [3.8, 4) is 0 Å². The molecule has 0 radical (unpaired) electrons. The molecule has 21 heavy (non-hydrogen) atoms. The maximum absolute atomic E-state index is 12.4. The number of rotatable bonds is 7. The van der Waals surface area contributed by atoms with Crippen molar-refractivity contribution >= 4 is 27.3 Å². The Balaban J connectivity index is 3.31. The maximum Gasteiger partial charge on any atom is 0.270 e. The molecule has 0 aliphatic rings. The fourth-order valence-electron chi connectivity index (χ4n) is 1.88. The molecule has 0 saturated heterocycles. The second kappa shape index (κ2) is 6.69. The standard InChI is InChI=1S/C12H18ClN3O4S/c1-3-12(4-2,8-14)15-21(19,20)11-7-9(16(17)18)5-6-10(11)13/h5-7,15H,3-4,8,14H2,1-2H3. The van der Waals surface area contributed by atoms with E-state index < -0.39 is 20.5 Å². The van der Waals surface area contributed by atoms with Crippen LogP contribution < -0.4 is 10.5 Å². The third-order valence-corrected chi connectivity index (χ3v) is 5.57. The van der Waals surface area contributed by atoms with Crippen molar-refractivity contribution < 1.29 is 13.3 Å². The molecule has 1 rings (SSSR count). The second-order valence-electron chi connectivity index (χ2n) is 4.67. The van der Waals surface area contributed by atoms with Gasteiger partial charge in [-0.2, -0.15) is 0 Å². The topological polar surface area (TPSA) is 115 Å². The van der Waals surface area contributed by atoms with Crippen molar-refractivity contribution in [3.05, 3.63) is 33.3 Å². The zero-order valence-corrected chi connectivity index (χ0v) is 13.4. The number of hydrogen-bond donors (Lipinski definition) is 2. The quantitative estimate of drug-likeness (QED) is 0.584. The Labute approximate surface area is 128 Å². The van der Waals surface area contributed by atoms with Crippen LogP contribution in [0.3, 0.4) is 0 Å². The van der Waals surface area contributed by atoms with Crippen LogP contribution in [0.25, 0.3) is 0 Å². The Morgan fingerprint density at radius 3 is 2.38 bits per heavy atom. The Bertz CT molecular complexity index is 621. The summed E-state index contributed by atoms with van der Waals surface area (Å²) < 4.78 is 27.4. The van der Waals surface area contributed by atoms with Gasteiger partial charge in [-0.15, -0.1) is 0 Å². The zero-order valence-electron chi connectivity index (χ0n) is 11.8. The fraction of sp³-hybridized carbons (Fsp3) is 0.500. The summed E-state index contributed by atoms with van der Waals surface area (Å²) in [6.07, 6.45) is 0.984. The van der Waals surface area contributed by atoms with Crippen molar-refractivity contribution in [1.82, 2.24) is 4.72 Å². The summed E-state index contributed by atoms with van der Waals surface area (Å²) >= 11 is 5.87. The summed E-state index contributed by atoms with van der Waals surface area (Å²) in [5.41, 5.74) is 4.52. The lowest BCUT2D eigenvalue weighted by molar-refractivity contribution is -0.385. The van der Waals surface area contributed by atoms with E-state index >= 15 is 0 Å². The number of nitrogens with zero attached hydrogens (tertiary/aromatic N) is 1. The molecular formula is C12H18ClN3O4S. The van der Waals surface area contributed by atoms with Crippen LogP contribution in [-0.2, 0) is 10.0 Å². The molecule has 1 aromatic carbocycles. The molecule has 0 amide bonds. The van der Waals surface area contributed by atoms with Crippen LogP contribution in [-0.4, -0.2) is 25.4 Å². The summed E-state index contributed by atoms with van der Waals surface area (Å²) in [5, 5.41) is 10.7. The van der Waals surface area contributed by atoms with E-state index in [2.05, 4.69) is 4.72 Å². The van der Waals surface area contributed by atoms with E-state index in [0.717, 1.165) is 12.1 Å². The minimum absolute atomic E-state index is 0.0776. The summed E-state index contributed by atoms with van der Waals surface area (Å²) in [7, 11) is -4.01. The average Bonchev–Trinajstić information content (AvgIpc) is 2.45. The zero-order chi connectivity index (χ0) is 16.3. The molecule has 0 fully saturated rings. The molecule has 7 nitrogen and oxygen atoms in total. The van der Waals surface area contributed by atoms with Crippen molar-refractivity contribution in [1.29, 1.82) is 0 Å². The van der Waals surface area contributed by atoms with E-state index in [1.54, 1.807) is 0 Å². The number of sulfonamides is 1. The fourth-order valence-corrected chi connectivity index (χ4v) is 3.95. The number of benzene rings is 1. The van der Waals surface area contributed by atoms with Gasteiger partial charge >= 0.3 is 0 Å². The maximum atomic E-state index is 12.4. The predicted octanol–water partition coefficient (Wildman–Crippen LogP) is 2.04. The minimum Gasteiger partial charge on any atom is -0.329 e. The van der Waals surface area contributed by atoms with Crippen LogP contribution in [0.15, 0.2) is 23.1 Å². The predicted molar refractivity (Wildman–Crippen MR) is 80.8 cm³/mol. The van der Waals surface area contributed by atoms with Crippen LogP contribution in [0.2, 0.25) is 5.02 Å². The number of nitrogens with one attached hydrogen (secondary N) is 1. The first-order valence-electron chi connectivity index (χ1n) is 6.39. The summed E-state index contributed by atoms with van der Waals surface area (Å²) in [5.74, 6) is 0. The molecule has 0 aliphatic heterocycles. The van der Waals surface area contributed by atoms with Crippen molar-refractivity contribution in [2.45, 2.75) is 37.1 Å². The third-order valence-electron chi connectivity index (χ3n) is 3.51. The van der Waals surface area contributed by atoms with E-state index in [1.807, 2.05) is 13.8 Å². The highest BCUT2D eigenvalue weighted by atomic mass is 35.5. The van der Waals surface area contributed by atoms with Crippen LogP contribution >= 0.6 is 11.6 Å². The molecule has 9 heteroatoms. The molecule has 3 N–H and O–H groups in total. The minimum atomic E-state index is -4.01. The first-order chi connectivity index (χ1) is 9.71. The average molecular weight is 336 g/mol. The Kier molecular flexibility index (Phi) is 5.68. The first kappa shape index (κ1) is 17.8. The van der Waals surface area contributed by atoms with Gasteiger partial charge in [-0.3, -0.25) is 10.1 Å². The van der Waals surface area contributed by atoms with Gasteiger partial charge in [0.2, 0.25) is 10.0 Å². The van der Waals surface area contributed by atoms with Crippen LogP contribution in [0, 0.1) is 10.1 Å². The smallest absolute Gasteiger partial charge is 0.270 e. The van der Waals surface area contributed by atoms with Gasteiger partial charge in [0.1, 0.15) is 4.90 Å². The van der Waals surface area contributed by atoms with Gasteiger partial charge in [0.25, 0.3) is 5.69 Å². The SMILES string of the molecule is CCC(CC)(CN)NS(=O)(=O)c1cc([N+](=O)[O-])ccc1Cl. The molecule has 0 unspecified atom stereocenters. The molecule has 0 bridgehead atoms. The van der Waals surface area contributed by atoms with Crippen molar-refractivity contribution in [2.75, 3.05) is 6.54 Å². The highest BCUT2D eigenvalue weighted by Gasteiger charge is 2.32. The molecule has 0 aliphatic carbocycles. The van der Waals surface area contributed by atoms with Gasteiger partial charge in [-0.1, -0.05) is 25.4 Å². The highest BCUT2D eigenvalue weighted by molar-refractivity contribution is 7.89. The largest absolute Gasteiger partial charge is 0.329 e. The Morgan fingerprint density at radius 2 is 1.95 bits per heavy atom. The van der Waals surface area contributed by atoms with E-state index in [9.17, 15) is 18.5 Å². The van der Waals surface area contributed by atoms with Crippen LogP contribution in [0.5, 0.6) is 0 Å². The molecule has 0 aromatic heterocycles. The van der Waals surface area contributed by atoms with E-state index in [4.69, 9.17) is 17.3 Å². The molecule has 0 saturated carbocycles. The van der Waals surface area contributed by atoms with Gasteiger partial charge in [-0.05, 0) is 18.9 Å². The summed E-state index contributed by atoms with van der Waals surface area (Å²) in [4.78, 5) is 9.78. The molecule has 0 heterocycles. The van der Waals surface area contributed by atoms with E-state index in [0.29, 0.717) is 12.8 Å². The molecule has 0 atom stereocenters. The molecular weight excluding hydrogens is 318 g/mol. The van der Waals surface area contributed by atoms with Gasteiger partial charge in [-0.25, -0.2) is 13.1 Å². The van der Waals surface area contributed by atoms with Crippen molar-refractivity contribution in [2.24, 2.45) is 5.73 Å². The molecule has 118 valence electrons. The van der Waals surface area contributed by atoms with Gasteiger partial charge < -0.3 is 5.73 Å². The van der Waals surface area contributed by atoms with Gasteiger partial charge in [0.05, 0.1) is 9.95 Å². The molecule has 0 spiro atoms. The van der Waals surface area contributed by atoms with Gasteiger partial charge in [0.15, 0.2) is 0 Å². The van der Waals surface area contributed by atoms with E-state index in [1.165, 1.54) is 6.07 Å². The van der Waals surface area contributed by atoms with Crippen LogP contribution in [0.4, 0.5) is 5.69 Å². The lowest BCUT2D eigenvalue weighted by atomic mass is 9.95. The first-order valence-corrected chi connectivity index (χ1v) is 8.25. The number of non-ortho nitro benzene ring substituents is 1. The van der Waals surface area contributed by atoms with E-state index in [-0.39, 0.29) is 22.2 Å². The Hall–Kier alpha value is -1.22. The second-order valence-corrected chi connectivity index (χ2v) is 6.73. The van der Waals surface area contributed by atoms with Crippen molar-refractivity contribution in [3.63, 3.8) is 0 Å². The highest BCUT2D eigenvalue weighted by Crippen LogP contribution is 2.28. The Morgan fingerprint density at radius 1 is 1.38 bits per heavy atom. The van der Waals surface area contributed by atoms with Gasteiger partial charge in [0, 0.05) is 24.2 Å². The number of hydrogen-bond acceptors (Lipinski definition) is 5. The number of nitro benzene ring substituents is 1. The number of nitrogens with two attached hydrogens (primary N) is 1. The molecule has 1 aromatic rings. The third kappa shape index (κ3) is 3.91. The lowest BCUT2D eigenvalue weighted by Crippen LogP contribution is -2.52. The normalized spacial score (nSPS) is 12.4. The monoisotopic (exact) mass is 335 g/mol.